The van der Waals surface area contributed by atoms with Gasteiger partial charge >= 0.3 is 0 Å². The lowest BCUT2D eigenvalue weighted by Crippen LogP contribution is -2.27. The molecule has 1 atom stereocenters. The quantitative estimate of drug-likeness (QED) is 0.643. The van der Waals surface area contributed by atoms with Gasteiger partial charge in [-0.2, -0.15) is 0 Å². The summed E-state index contributed by atoms with van der Waals surface area (Å²) >= 11 is 0. The van der Waals surface area contributed by atoms with E-state index in [-0.39, 0.29) is 18.1 Å². The Morgan fingerprint density at radius 3 is 2.76 bits per heavy atom. The van der Waals surface area contributed by atoms with Crippen LogP contribution in [0.25, 0.3) is 10.9 Å². The van der Waals surface area contributed by atoms with Gasteiger partial charge in [-0.3, -0.25) is 4.79 Å². The first-order chi connectivity index (χ1) is 12.0. The molecule has 3 N–H and O–H groups in total. The lowest BCUT2D eigenvalue weighted by molar-refractivity contribution is -0.123. The zero-order chi connectivity index (χ0) is 17.8. The Bertz CT molecular complexity index is 892. The maximum absolute atomic E-state index is 13.2. The first-order valence-electron chi connectivity index (χ1n) is 7.98. The van der Waals surface area contributed by atoms with Gasteiger partial charge in [-0.1, -0.05) is 12.1 Å². The number of aliphatic hydroxyl groups is 1. The van der Waals surface area contributed by atoms with Crippen LogP contribution in [0.5, 0.6) is 0 Å². The van der Waals surface area contributed by atoms with Crippen molar-refractivity contribution in [3.8, 4) is 0 Å². The minimum absolute atomic E-state index is 0.136. The summed E-state index contributed by atoms with van der Waals surface area (Å²) in [5, 5.41) is 13.6. The second-order valence-electron chi connectivity index (χ2n) is 5.88. The lowest BCUT2D eigenvalue weighted by Gasteiger charge is -2.11. The standard InChI is InChI=1S/C19H18F2N2O2/c20-14-3-1-2-12(8-14)18(24)10-19(25)22-7-6-13-11-23-17-9-15(21)4-5-16(13)17/h1-5,8-9,11,18,23-24H,6-7,10H2,(H,22,25). The summed E-state index contributed by atoms with van der Waals surface area (Å²) in [4.78, 5) is 14.9. The fraction of sp³-hybridized carbons (Fsp3) is 0.211. The maximum atomic E-state index is 13.2. The number of carbonyl (C=O) groups is 1. The van der Waals surface area contributed by atoms with Gasteiger partial charge in [0, 0.05) is 23.6 Å². The van der Waals surface area contributed by atoms with Crippen molar-refractivity contribution in [1.82, 2.24) is 10.3 Å². The van der Waals surface area contributed by atoms with Gasteiger partial charge in [-0.15, -0.1) is 0 Å². The Hall–Kier alpha value is -2.73. The maximum Gasteiger partial charge on any atom is 0.222 e. The summed E-state index contributed by atoms with van der Waals surface area (Å²) in [7, 11) is 0. The van der Waals surface area contributed by atoms with Crippen LogP contribution in [0.4, 0.5) is 8.78 Å². The molecule has 1 aromatic heterocycles. The number of fused-ring (bicyclic) bond motifs is 1. The summed E-state index contributed by atoms with van der Waals surface area (Å²) in [6.07, 6.45) is 1.18. The van der Waals surface area contributed by atoms with Crippen molar-refractivity contribution in [2.75, 3.05) is 6.54 Å². The SMILES string of the molecule is O=C(CC(O)c1cccc(F)c1)NCCc1c[nH]c2cc(F)ccc12. The number of carbonyl (C=O) groups excluding carboxylic acids is 1. The van der Waals surface area contributed by atoms with E-state index in [0.717, 1.165) is 10.9 Å². The van der Waals surface area contributed by atoms with E-state index in [9.17, 15) is 18.7 Å². The van der Waals surface area contributed by atoms with Gasteiger partial charge in [0.2, 0.25) is 5.91 Å². The highest BCUT2D eigenvalue weighted by molar-refractivity contribution is 5.83. The molecule has 1 heterocycles. The Labute approximate surface area is 143 Å². The monoisotopic (exact) mass is 344 g/mol. The molecule has 1 unspecified atom stereocenters. The molecule has 0 radical (unpaired) electrons. The molecular formula is C19H18F2N2O2. The Balaban J connectivity index is 1.52. The molecule has 25 heavy (non-hydrogen) atoms. The third-order valence-electron chi connectivity index (χ3n) is 4.06. The van der Waals surface area contributed by atoms with Crippen molar-refractivity contribution in [1.29, 1.82) is 0 Å². The second kappa shape index (κ2) is 7.44. The number of rotatable bonds is 6. The zero-order valence-corrected chi connectivity index (χ0v) is 13.4. The van der Waals surface area contributed by atoms with Crippen molar-refractivity contribution in [2.24, 2.45) is 0 Å². The van der Waals surface area contributed by atoms with Gasteiger partial charge in [0.15, 0.2) is 0 Å². The predicted molar refractivity (Wildman–Crippen MR) is 90.9 cm³/mol. The topological polar surface area (TPSA) is 65.1 Å². The van der Waals surface area contributed by atoms with Gasteiger partial charge in [0.1, 0.15) is 11.6 Å². The molecule has 3 aromatic rings. The van der Waals surface area contributed by atoms with E-state index >= 15 is 0 Å². The predicted octanol–water partition coefficient (Wildman–Crippen LogP) is 3.23. The van der Waals surface area contributed by atoms with Crippen LogP contribution in [-0.2, 0) is 11.2 Å². The van der Waals surface area contributed by atoms with Gasteiger partial charge in [-0.05, 0) is 47.9 Å². The van der Waals surface area contributed by atoms with Crippen LogP contribution >= 0.6 is 0 Å². The molecule has 6 heteroatoms. The Kier molecular flexibility index (Phi) is 5.09. The normalized spacial score (nSPS) is 12.3. The van der Waals surface area contributed by atoms with Crippen LogP contribution in [0.1, 0.15) is 23.7 Å². The van der Waals surface area contributed by atoms with Crippen LogP contribution < -0.4 is 5.32 Å². The van der Waals surface area contributed by atoms with Crippen molar-refractivity contribution >= 4 is 16.8 Å². The highest BCUT2D eigenvalue weighted by Crippen LogP contribution is 2.20. The molecule has 1 amide bonds. The molecule has 0 saturated carbocycles. The van der Waals surface area contributed by atoms with Gasteiger partial charge < -0.3 is 15.4 Å². The summed E-state index contributed by atoms with van der Waals surface area (Å²) in [5.74, 6) is -1.07. The molecule has 0 bridgehead atoms. The van der Waals surface area contributed by atoms with Crippen LogP contribution in [-0.4, -0.2) is 22.5 Å². The number of halogens is 2. The molecule has 0 saturated heterocycles. The van der Waals surface area contributed by atoms with Gasteiger partial charge in [-0.25, -0.2) is 8.78 Å². The van der Waals surface area contributed by atoms with E-state index in [0.29, 0.717) is 24.0 Å². The Morgan fingerprint density at radius 2 is 1.96 bits per heavy atom. The number of hydrogen-bond donors (Lipinski definition) is 3. The van der Waals surface area contributed by atoms with Crippen molar-refractivity contribution in [2.45, 2.75) is 18.9 Å². The van der Waals surface area contributed by atoms with Crippen molar-refractivity contribution in [3.63, 3.8) is 0 Å². The summed E-state index contributed by atoms with van der Waals surface area (Å²) in [6, 6.07) is 10.1. The van der Waals surface area contributed by atoms with Crippen molar-refractivity contribution < 1.29 is 18.7 Å². The van der Waals surface area contributed by atoms with E-state index in [1.165, 1.54) is 30.3 Å². The number of nitrogens with one attached hydrogen (secondary N) is 2. The minimum Gasteiger partial charge on any atom is -0.388 e. The number of aromatic nitrogens is 1. The average Bonchev–Trinajstić information content (AvgIpc) is 2.97. The fourth-order valence-corrected chi connectivity index (χ4v) is 2.78. The van der Waals surface area contributed by atoms with Crippen LogP contribution in [0.2, 0.25) is 0 Å². The lowest BCUT2D eigenvalue weighted by atomic mass is 10.1. The first-order valence-corrected chi connectivity index (χ1v) is 7.98. The number of hydrogen-bond acceptors (Lipinski definition) is 2. The van der Waals surface area contributed by atoms with Crippen LogP contribution in [0.15, 0.2) is 48.7 Å². The molecule has 0 aliphatic carbocycles. The molecular weight excluding hydrogens is 326 g/mol. The van der Waals surface area contributed by atoms with E-state index in [2.05, 4.69) is 10.3 Å². The molecule has 0 aliphatic heterocycles. The number of benzene rings is 2. The number of aromatic amines is 1. The van der Waals surface area contributed by atoms with E-state index in [1.54, 1.807) is 18.3 Å². The molecule has 0 fully saturated rings. The Morgan fingerprint density at radius 1 is 1.16 bits per heavy atom. The highest BCUT2D eigenvalue weighted by atomic mass is 19.1. The number of amides is 1. The third kappa shape index (κ3) is 4.22. The third-order valence-corrected chi connectivity index (χ3v) is 4.06. The van der Waals surface area contributed by atoms with E-state index in [4.69, 9.17) is 0 Å². The minimum atomic E-state index is -1.05. The molecule has 0 aliphatic rings. The largest absolute Gasteiger partial charge is 0.388 e. The van der Waals surface area contributed by atoms with E-state index in [1.807, 2.05) is 0 Å². The molecule has 0 spiro atoms. The molecule has 3 rings (SSSR count). The summed E-state index contributed by atoms with van der Waals surface area (Å²) < 4.78 is 26.3. The highest BCUT2D eigenvalue weighted by Gasteiger charge is 2.13. The summed E-state index contributed by atoms with van der Waals surface area (Å²) in [6.45, 7) is 0.388. The fourth-order valence-electron chi connectivity index (χ4n) is 2.78. The zero-order valence-electron chi connectivity index (χ0n) is 13.4. The van der Waals surface area contributed by atoms with Crippen LogP contribution in [0, 0.1) is 11.6 Å². The average molecular weight is 344 g/mol. The van der Waals surface area contributed by atoms with Gasteiger partial charge in [0.25, 0.3) is 0 Å². The smallest absolute Gasteiger partial charge is 0.222 e. The molecule has 130 valence electrons. The second-order valence-corrected chi connectivity index (χ2v) is 5.88. The van der Waals surface area contributed by atoms with Crippen molar-refractivity contribution in [3.05, 3.63) is 71.4 Å². The first kappa shape index (κ1) is 17.1. The number of H-pyrrole nitrogens is 1. The molecule has 4 nitrogen and oxygen atoms in total. The summed E-state index contributed by atoms with van der Waals surface area (Å²) in [5.41, 5.74) is 2.05. The van der Waals surface area contributed by atoms with Crippen LogP contribution in [0.3, 0.4) is 0 Å². The molecule has 2 aromatic carbocycles. The number of aliphatic hydroxyl groups excluding tert-OH is 1. The van der Waals surface area contributed by atoms with Gasteiger partial charge in [0.05, 0.1) is 12.5 Å². The van der Waals surface area contributed by atoms with E-state index < -0.39 is 11.9 Å².